The van der Waals surface area contributed by atoms with Gasteiger partial charge in [0.25, 0.3) is 0 Å². The molecule has 2 aromatic heterocycles. The molecular weight excluding hydrogens is 221 g/mol. The fourth-order valence-corrected chi connectivity index (χ4v) is 1.17. The summed E-state index contributed by atoms with van der Waals surface area (Å²) in [6, 6.07) is 1.19. The minimum atomic E-state index is -0.498. The van der Waals surface area contributed by atoms with Gasteiger partial charge in [-0.2, -0.15) is 5.10 Å². The predicted octanol–water partition coefficient (Wildman–Crippen LogP) is 1.60. The van der Waals surface area contributed by atoms with Crippen LogP contribution < -0.4 is 5.32 Å². The van der Waals surface area contributed by atoms with E-state index in [-0.39, 0.29) is 10.8 Å². The van der Waals surface area contributed by atoms with Crippen LogP contribution in [0.25, 0.3) is 0 Å². The molecule has 0 aromatic carbocycles. The van der Waals surface area contributed by atoms with Gasteiger partial charge in [-0.05, 0) is 6.07 Å². The van der Waals surface area contributed by atoms with Crippen LogP contribution in [0.1, 0.15) is 5.82 Å². The third kappa shape index (κ3) is 2.41. The summed E-state index contributed by atoms with van der Waals surface area (Å²) in [6.45, 7) is 0.325. The Kier molecular flexibility index (Phi) is 2.77. The van der Waals surface area contributed by atoms with Crippen LogP contribution in [-0.2, 0) is 6.54 Å². The monoisotopic (exact) mass is 227 g/mol. The number of hydrogen-bond acceptors (Lipinski definition) is 4. The van der Waals surface area contributed by atoms with Crippen molar-refractivity contribution < 1.29 is 4.39 Å². The van der Waals surface area contributed by atoms with E-state index in [1.807, 2.05) is 0 Å². The van der Waals surface area contributed by atoms with Crippen LogP contribution in [0.3, 0.4) is 0 Å². The molecule has 78 valence electrons. The molecule has 0 saturated carbocycles. The van der Waals surface area contributed by atoms with E-state index in [1.165, 1.54) is 18.6 Å². The third-order valence-electron chi connectivity index (χ3n) is 1.70. The number of anilines is 1. The molecule has 0 fully saturated rings. The Morgan fingerprint density at radius 2 is 2.33 bits per heavy atom. The normalized spacial score (nSPS) is 10.3. The average Bonchev–Trinajstić information content (AvgIpc) is 2.69. The standard InChI is InChI=1S/C8H7ClFN5/c9-5-1-6(10)8(11-2-5)12-3-7-13-4-14-15-7/h1-2,4H,3H2,(H,11,12)(H,13,14,15). The molecule has 5 nitrogen and oxygen atoms in total. The molecule has 0 saturated heterocycles. The Bertz CT molecular complexity index is 444. The van der Waals surface area contributed by atoms with E-state index in [1.54, 1.807) is 0 Å². The Morgan fingerprint density at radius 1 is 1.47 bits per heavy atom. The predicted molar refractivity (Wildman–Crippen MR) is 52.9 cm³/mol. The van der Waals surface area contributed by atoms with Crippen LogP contribution in [-0.4, -0.2) is 20.2 Å². The van der Waals surface area contributed by atoms with Crippen molar-refractivity contribution in [3.8, 4) is 0 Å². The van der Waals surface area contributed by atoms with Gasteiger partial charge in [0, 0.05) is 6.20 Å². The van der Waals surface area contributed by atoms with Gasteiger partial charge in [0.2, 0.25) is 0 Å². The van der Waals surface area contributed by atoms with Crippen LogP contribution >= 0.6 is 11.6 Å². The Labute approximate surface area is 89.7 Å². The lowest BCUT2D eigenvalue weighted by atomic mass is 10.4. The highest BCUT2D eigenvalue weighted by Gasteiger charge is 2.04. The molecular formula is C8H7ClFN5. The van der Waals surface area contributed by atoms with Crippen molar-refractivity contribution in [2.45, 2.75) is 6.54 Å². The van der Waals surface area contributed by atoms with Crippen molar-refractivity contribution in [3.05, 3.63) is 35.3 Å². The average molecular weight is 228 g/mol. The first-order valence-electron chi connectivity index (χ1n) is 4.15. The van der Waals surface area contributed by atoms with Crippen LogP contribution in [0.2, 0.25) is 5.02 Å². The third-order valence-corrected chi connectivity index (χ3v) is 1.90. The second-order valence-corrected chi connectivity index (χ2v) is 3.21. The molecule has 2 heterocycles. The molecule has 0 aliphatic rings. The maximum absolute atomic E-state index is 13.2. The van der Waals surface area contributed by atoms with E-state index >= 15 is 0 Å². The summed E-state index contributed by atoms with van der Waals surface area (Å²) in [4.78, 5) is 7.67. The molecule has 0 aliphatic heterocycles. The number of pyridine rings is 1. The highest BCUT2D eigenvalue weighted by atomic mass is 35.5. The lowest BCUT2D eigenvalue weighted by molar-refractivity contribution is 0.624. The lowest BCUT2D eigenvalue weighted by Gasteiger charge is -2.03. The van der Waals surface area contributed by atoms with Gasteiger partial charge in [-0.25, -0.2) is 14.4 Å². The minimum absolute atomic E-state index is 0.135. The molecule has 0 atom stereocenters. The molecule has 0 bridgehead atoms. The molecule has 0 spiro atoms. The van der Waals surface area contributed by atoms with Gasteiger partial charge >= 0.3 is 0 Å². The summed E-state index contributed by atoms with van der Waals surface area (Å²) in [5, 5.41) is 9.32. The number of halogens is 2. The summed E-state index contributed by atoms with van der Waals surface area (Å²) >= 11 is 5.56. The highest BCUT2D eigenvalue weighted by Crippen LogP contribution is 2.15. The first kappa shape index (κ1) is 9.85. The van der Waals surface area contributed by atoms with Gasteiger partial charge in [0.15, 0.2) is 11.6 Å². The zero-order chi connectivity index (χ0) is 10.7. The van der Waals surface area contributed by atoms with Gasteiger partial charge in [-0.15, -0.1) is 0 Å². The maximum atomic E-state index is 13.2. The summed E-state index contributed by atoms with van der Waals surface area (Å²) in [5.74, 6) is 0.240. The lowest BCUT2D eigenvalue weighted by Crippen LogP contribution is -2.04. The number of nitrogens with one attached hydrogen (secondary N) is 2. The van der Waals surface area contributed by atoms with Crippen molar-refractivity contribution in [3.63, 3.8) is 0 Å². The van der Waals surface area contributed by atoms with Gasteiger partial charge in [-0.3, -0.25) is 5.10 Å². The smallest absolute Gasteiger partial charge is 0.166 e. The van der Waals surface area contributed by atoms with Gasteiger partial charge in [-0.1, -0.05) is 11.6 Å². The van der Waals surface area contributed by atoms with E-state index < -0.39 is 5.82 Å². The second kappa shape index (κ2) is 4.22. The fraction of sp³-hybridized carbons (Fsp3) is 0.125. The number of H-pyrrole nitrogens is 1. The summed E-state index contributed by atoms with van der Waals surface area (Å²) < 4.78 is 13.2. The number of aromatic nitrogens is 4. The molecule has 7 heteroatoms. The van der Waals surface area contributed by atoms with Crippen molar-refractivity contribution in [2.75, 3.05) is 5.32 Å². The van der Waals surface area contributed by atoms with E-state index in [4.69, 9.17) is 11.6 Å². The first-order valence-corrected chi connectivity index (χ1v) is 4.52. The van der Waals surface area contributed by atoms with Crippen molar-refractivity contribution in [1.29, 1.82) is 0 Å². The van der Waals surface area contributed by atoms with E-state index in [0.29, 0.717) is 12.4 Å². The van der Waals surface area contributed by atoms with Crippen LogP contribution in [0, 0.1) is 5.82 Å². The van der Waals surface area contributed by atoms with E-state index in [9.17, 15) is 4.39 Å². The molecule has 2 N–H and O–H groups in total. The molecule has 0 radical (unpaired) electrons. The van der Waals surface area contributed by atoms with Gasteiger partial charge < -0.3 is 5.32 Å². The molecule has 2 rings (SSSR count). The van der Waals surface area contributed by atoms with Crippen molar-refractivity contribution in [1.82, 2.24) is 20.2 Å². The van der Waals surface area contributed by atoms with Crippen molar-refractivity contribution in [2.24, 2.45) is 0 Å². The molecule has 0 unspecified atom stereocenters. The Balaban J connectivity index is 2.05. The summed E-state index contributed by atoms with van der Waals surface area (Å²) in [5.41, 5.74) is 0. The molecule has 0 aliphatic carbocycles. The summed E-state index contributed by atoms with van der Waals surface area (Å²) in [7, 11) is 0. The van der Waals surface area contributed by atoms with E-state index in [0.717, 1.165) is 0 Å². The van der Waals surface area contributed by atoms with Crippen LogP contribution in [0.15, 0.2) is 18.6 Å². The SMILES string of the molecule is Fc1cc(Cl)cnc1NCc1ncn[nH]1. The number of aromatic amines is 1. The Morgan fingerprint density at radius 3 is 3.00 bits per heavy atom. The van der Waals surface area contributed by atoms with Crippen LogP contribution in [0.5, 0.6) is 0 Å². The molecule has 2 aromatic rings. The molecule has 15 heavy (non-hydrogen) atoms. The quantitative estimate of drug-likeness (QED) is 0.836. The van der Waals surface area contributed by atoms with E-state index in [2.05, 4.69) is 25.5 Å². The number of nitrogens with zero attached hydrogens (tertiary/aromatic N) is 3. The van der Waals surface area contributed by atoms with Gasteiger partial charge in [0.05, 0.1) is 11.6 Å². The highest BCUT2D eigenvalue weighted by molar-refractivity contribution is 6.30. The van der Waals surface area contributed by atoms with Crippen LogP contribution in [0.4, 0.5) is 10.2 Å². The topological polar surface area (TPSA) is 66.5 Å². The minimum Gasteiger partial charge on any atom is -0.360 e. The fourth-order valence-electron chi connectivity index (χ4n) is 1.03. The zero-order valence-electron chi connectivity index (χ0n) is 7.54. The molecule has 0 amide bonds. The summed E-state index contributed by atoms with van der Waals surface area (Å²) in [6.07, 6.45) is 2.75. The maximum Gasteiger partial charge on any atom is 0.166 e. The van der Waals surface area contributed by atoms with Gasteiger partial charge in [0.1, 0.15) is 12.2 Å². The zero-order valence-corrected chi connectivity index (χ0v) is 8.29. The number of rotatable bonds is 3. The largest absolute Gasteiger partial charge is 0.360 e. The number of hydrogen-bond donors (Lipinski definition) is 2. The Hall–Kier alpha value is -1.69. The first-order chi connectivity index (χ1) is 7.25. The second-order valence-electron chi connectivity index (χ2n) is 2.77. The van der Waals surface area contributed by atoms with Crippen molar-refractivity contribution >= 4 is 17.4 Å².